The molecule has 0 aromatic carbocycles. The van der Waals surface area contributed by atoms with E-state index in [9.17, 15) is 26.7 Å². The minimum atomic E-state index is -5.44. The molecule has 2 rings (SSSR count). The molecule has 6 nitrogen and oxygen atoms in total. The Labute approximate surface area is 152 Å². The van der Waals surface area contributed by atoms with E-state index in [4.69, 9.17) is 4.74 Å². The van der Waals surface area contributed by atoms with Crippen molar-refractivity contribution in [3.63, 3.8) is 0 Å². The lowest BCUT2D eigenvalue weighted by Crippen LogP contribution is -2.60. The first kappa shape index (κ1) is 21.3. The molecule has 150 valence electrons. The molecule has 1 aromatic rings. The third-order valence-electron chi connectivity index (χ3n) is 4.08. The Morgan fingerprint density at radius 1 is 1.31 bits per heavy atom. The van der Waals surface area contributed by atoms with E-state index in [1.807, 2.05) is 0 Å². The standard InChI is InChI=1S/C15H25F3N2O4SSi/c1-14(21)9-20(10-14)13-7-12(25(22,23)15(16,17)18)8-19(13)11-24-5-6-26(2,3)4/h7-8,21H,5-6,9-11H2,1-4H3. The number of halogens is 3. The van der Waals surface area contributed by atoms with E-state index >= 15 is 0 Å². The van der Waals surface area contributed by atoms with Gasteiger partial charge in [0.05, 0.1) is 10.5 Å². The second kappa shape index (κ2) is 6.84. The second-order valence-electron chi connectivity index (χ2n) is 8.15. The van der Waals surface area contributed by atoms with Crippen LogP contribution >= 0.6 is 0 Å². The summed E-state index contributed by atoms with van der Waals surface area (Å²) in [6.45, 7) is 8.94. The van der Waals surface area contributed by atoms with Gasteiger partial charge in [0.2, 0.25) is 0 Å². The summed E-state index contributed by atoms with van der Waals surface area (Å²) in [5.41, 5.74) is -6.31. The average molecular weight is 415 g/mol. The highest BCUT2D eigenvalue weighted by Gasteiger charge is 2.48. The second-order valence-corrected chi connectivity index (χ2v) is 15.7. The first-order valence-corrected chi connectivity index (χ1v) is 13.4. The Morgan fingerprint density at radius 3 is 2.35 bits per heavy atom. The Bertz CT molecular complexity index is 746. The van der Waals surface area contributed by atoms with Gasteiger partial charge < -0.3 is 19.3 Å². The van der Waals surface area contributed by atoms with Crippen LogP contribution in [0.2, 0.25) is 25.7 Å². The molecule has 0 amide bonds. The van der Waals surface area contributed by atoms with Gasteiger partial charge in [0, 0.05) is 34.0 Å². The molecule has 0 spiro atoms. The van der Waals surface area contributed by atoms with Crippen molar-refractivity contribution in [1.29, 1.82) is 0 Å². The maximum Gasteiger partial charge on any atom is 0.501 e. The van der Waals surface area contributed by atoms with Crippen LogP contribution in [0.4, 0.5) is 19.0 Å². The van der Waals surface area contributed by atoms with Gasteiger partial charge in [-0.25, -0.2) is 8.42 Å². The fraction of sp³-hybridized carbons (Fsp3) is 0.733. The number of β-amino-alcohol motifs (C(OH)–C–C–N with tert-alkyl or cyclic N) is 1. The van der Waals surface area contributed by atoms with Crippen LogP contribution < -0.4 is 4.90 Å². The molecule has 0 saturated carbocycles. The molecule has 0 aliphatic carbocycles. The zero-order valence-corrected chi connectivity index (χ0v) is 17.1. The maximum atomic E-state index is 12.8. The SMILES string of the molecule is CC1(O)CN(c2cc(S(=O)(=O)C(F)(F)F)cn2COCC[Si](C)(C)C)C1. The number of alkyl halides is 3. The number of sulfone groups is 1. The number of hydrogen-bond acceptors (Lipinski definition) is 5. The number of aromatic nitrogens is 1. The molecule has 26 heavy (non-hydrogen) atoms. The Kier molecular flexibility index (Phi) is 5.59. The first-order chi connectivity index (χ1) is 11.6. The lowest BCUT2D eigenvalue weighted by atomic mass is 9.97. The summed E-state index contributed by atoms with van der Waals surface area (Å²) in [6.07, 6.45) is 0.944. The largest absolute Gasteiger partial charge is 0.501 e. The van der Waals surface area contributed by atoms with Crippen LogP contribution in [0.25, 0.3) is 0 Å². The van der Waals surface area contributed by atoms with Gasteiger partial charge in [-0.15, -0.1) is 0 Å². The fourth-order valence-electron chi connectivity index (χ4n) is 2.60. The number of aliphatic hydroxyl groups is 1. The molecule has 1 aliphatic rings. The molecule has 2 heterocycles. The van der Waals surface area contributed by atoms with E-state index in [0.717, 1.165) is 18.3 Å². The van der Waals surface area contributed by atoms with Gasteiger partial charge in [0.1, 0.15) is 12.5 Å². The predicted octanol–water partition coefficient (Wildman–Crippen LogP) is 2.66. The van der Waals surface area contributed by atoms with Crippen LogP contribution in [-0.2, 0) is 21.3 Å². The summed E-state index contributed by atoms with van der Waals surface area (Å²) < 4.78 is 68.8. The van der Waals surface area contributed by atoms with Crippen molar-refractivity contribution >= 4 is 23.7 Å². The van der Waals surface area contributed by atoms with E-state index in [0.29, 0.717) is 6.61 Å². The minimum Gasteiger partial charge on any atom is -0.386 e. The summed E-state index contributed by atoms with van der Waals surface area (Å²) in [4.78, 5) is 0.803. The molecule has 1 aromatic heterocycles. The third-order valence-corrected chi connectivity index (χ3v) is 7.23. The molecule has 1 N–H and O–H groups in total. The van der Waals surface area contributed by atoms with Gasteiger partial charge in [-0.1, -0.05) is 19.6 Å². The van der Waals surface area contributed by atoms with Crippen LogP contribution in [0.1, 0.15) is 6.92 Å². The highest BCUT2D eigenvalue weighted by Crippen LogP contribution is 2.35. The molecule has 0 radical (unpaired) electrons. The van der Waals surface area contributed by atoms with Gasteiger partial charge in [-0.05, 0) is 19.0 Å². The summed E-state index contributed by atoms with van der Waals surface area (Å²) >= 11 is 0. The monoisotopic (exact) mass is 414 g/mol. The molecule has 0 atom stereocenters. The van der Waals surface area contributed by atoms with E-state index in [1.165, 1.54) is 4.57 Å². The fourth-order valence-corrected chi connectivity index (χ4v) is 4.15. The predicted molar refractivity (Wildman–Crippen MR) is 94.6 cm³/mol. The van der Waals surface area contributed by atoms with Crippen molar-refractivity contribution in [2.75, 3.05) is 24.6 Å². The van der Waals surface area contributed by atoms with Crippen LogP contribution in [0.5, 0.6) is 0 Å². The van der Waals surface area contributed by atoms with Crippen molar-refractivity contribution in [3.05, 3.63) is 12.3 Å². The minimum absolute atomic E-state index is 0.0498. The number of hydrogen-bond donors (Lipinski definition) is 1. The van der Waals surface area contributed by atoms with Gasteiger partial charge >= 0.3 is 5.51 Å². The Morgan fingerprint density at radius 2 is 1.88 bits per heavy atom. The van der Waals surface area contributed by atoms with Crippen molar-refractivity contribution in [2.24, 2.45) is 0 Å². The van der Waals surface area contributed by atoms with E-state index in [1.54, 1.807) is 11.8 Å². The van der Waals surface area contributed by atoms with Crippen LogP contribution in [0.3, 0.4) is 0 Å². The van der Waals surface area contributed by atoms with Crippen molar-refractivity contribution in [1.82, 2.24) is 4.57 Å². The molecule has 1 fully saturated rings. The molecule has 1 aliphatic heterocycles. The molecule has 1 saturated heterocycles. The molecule has 11 heteroatoms. The smallest absolute Gasteiger partial charge is 0.386 e. The van der Waals surface area contributed by atoms with Crippen molar-refractivity contribution < 1.29 is 31.4 Å². The zero-order chi connectivity index (χ0) is 20.0. The summed E-state index contributed by atoms with van der Waals surface area (Å²) in [5, 5.41) is 9.86. The van der Waals surface area contributed by atoms with Crippen molar-refractivity contribution in [3.8, 4) is 0 Å². The van der Waals surface area contributed by atoms with Gasteiger partial charge in [0.25, 0.3) is 9.84 Å². The van der Waals surface area contributed by atoms with E-state index in [-0.39, 0.29) is 25.6 Å². The lowest BCUT2D eigenvalue weighted by Gasteiger charge is -2.45. The Hall–Kier alpha value is -1.04. The van der Waals surface area contributed by atoms with Gasteiger partial charge in [-0.2, -0.15) is 13.2 Å². The zero-order valence-electron chi connectivity index (χ0n) is 15.3. The quantitative estimate of drug-likeness (QED) is 0.549. The molecule has 0 bridgehead atoms. The van der Waals surface area contributed by atoms with Gasteiger partial charge in [0.15, 0.2) is 0 Å². The number of nitrogens with zero attached hydrogens (tertiary/aromatic N) is 2. The maximum absolute atomic E-state index is 12.8. The lowest BCUT2D eigenvalue weighted by molar-refractivity contribution is -0.0436. The summed E-state index contributed by atoms with van der Waals surface area (Å²) in [7, 11) is -6.75. The third kappa shape index (κ3) is 4.81. The van der Waals surface area contributed by atoms with E-state index in [2.05, 4.69) is 19.6 Å². The van der Waals surface area contributed by atoms with Crippen LogP contribution in [-0.4, -0.2) is 57.0 Å². The summed E-state index contributed by atoms with van der Waals surface area (Å²) in [6, 6.07) is 1.87. The molecule has 0 unspecified atom stereocenters. The van der Waals surface area contributed by atoms with Gasteiger partial charge in [-0.3, -0.25) is 0 Å². The van der Waals surface area contributed by atoms with Crippen molar-refractivity contribution in [2.45, 2.75) is 55.3 Å². The average Bonchev–Trinajstić information content (AvgIpc) is 2.83. The Balaban J connectivity index is 2.22. The molecular weight excluding hydrogens is 389 g/mol. The van der Waals surface area contributed by atoms with Crippen LogP contribution in [0.15, 0.2) is 17.2 Å². The highest BCUT2D eigenvalue weighted by molar-refractivity contribution is 7.92. The number of ether oxygens (including phenoxy) is 1. The topological polar surface area (TPSA) is 71.8 Å². The number of rotatable bonds is 7. The first-order valence-electron chi connectivity index (χ1n) is 8.19. The van der Waals surface area contributed by atoms with E-state index < -0.39 is 33.9 Å². The number of anilines is 1. The normalized spacial score (nSPS) is 18.1. The highest BCUT2D eigenvalue weighted by atomic mass is 32.2. The summed E-state index contributed by atoms with van der Waals surface area (Å²) in [5.74, 6) is 0.285. The molecular formula is C15H25F3N2O4SSi. The van der Waals surface area contributed by atoms with Crippen LogP contribution in [0, 0.1) is 0 Å².